The van der Waals surface area contributed by atoms with Crippen molar-refractivity contribution >= 4 is 5.69 Å². The van der Waals surface area contributed by atoms with Crippen molar-refractivity contribution in [3.63, 3.8) is 0 Å². The van der Waals surface area contributed by atoms with Crippen LogP contribution >= 0.6 is 0 Å². The monoisotopic (exact) mass is 290 g/mol. The summed E-state index contributed by atoms with van der Waals surface area (Å²) in [5, 5.41) is 22.1. The molecule has 0 radical (unpaired) electrons. The average Bonchev–Trinajstić information content (AvgIpc) is 2.93. The highest BCUT2D eigenvalue weighted by atomic mass is 16.6. The van der Waals surface area contributed by atoms with E-state index in [-0.39, 0.29) is 11.7 Å². The normalized spacial score (nSPS) is 12.3. The van der Waals surface area contributed by atoms with Gasteiger partial charge in [-0.05, 0) is 31.5 Å². The molecule has 2 rings (SSSR count). The molecule has 2 aromatic rings. The van der Waals surface area contributed by atoms with Crippen molar-refractivity contribution in [1.29, 1.82) is 0 Å². The van der Waals surface area contributed by atoms with Gasteiger partial charge in [-0.3, -0.25) is 10.1 Å². The molecule has 0 saturated heterocycles. The Morgan fingerprint density at radius 3 is 2.71 bits per heavy atom. The highest BCUT2D eigenvalue weighted by Gasteiger charge is 2.18. The van der Waals surface area contributed by atoms with Crippen LogP contribution in [0.2, 0.25) is 0 Å². The van der Waals surface area contributed by atoms with E-state index < -0.39 is 4.92 Å². The molecule has 1 aromatic carbocycles. The van der Waals surface area contributed by atoms with Crippen LogP contribution in [0.15, 0.2) is 22.6 Å². The van der Waals surface area contributed by atoms with Crippen molar-refractivity contribution in [3.8, 4) is 11.5 Å². The Labute approximate surface area is 122 Å². The highest BCUT2D eigenvalue weighted by Crippen LogP contribution is 2.27. The number of rotatable bonds is 6. The van der Waals surface area contributed by atoms with Crippen LogP contribution in [0.4, 0.5) is 5.69 Å². The van der Waals surface area contributed by atoms with E-state index in [1.807, 2.05) is 13.8 Å². The molecule has 1 atom stereocenters. The summed E-state index contributed by atoms with van der Waals surface area (Å²) < 4.78 is 5.70. The minimum Gasteiger partial charge on any atom is -0.419 e. The maximum atomic E-state index is 10.8. The molecule has 1 heterocycles. The van der Waals surface area contributed by atoms with Gasteiger partial charge < -0.3 is 9.73 Å². The van der Waals surface area contributed by atoms with Gasteiger partial charge in [0.1, 0.15) is 0 Å². The molecule has 1 aromatic heterocycles. The third-order valence-electron chi connectivity index (χ3n) is 3.25. The predicted octanol–water partition coefficient (Wildman–Crippen LogP) is 3.01. The molecule has 7 nitrogen and oxygen atoms in total. The van der Waals surface area contributed by atoms with Crippen molar-refractivity contribution in [2.45, 2.75) is 33.2 Å². The van der Waals surface area contributed by atoms with Crippen molar-refractivity contribution in [2.24, 2.45) is 0 Å². The molecule has 7 heteroatoms. The van der Waals surface area contributed by atoms with E-state index >= 15 is 0 Å². The number of nitro benzene ring substituents is 1. The molecule has 0 amide bonds. The summed E-state index contributed by atoms with van der Waals surface area (Å²) in [6.45, 7) is 6.65. The van der Waals surface area contributed by atoms with Gasteiger partial charge in [-0.15, -0.1) is 10.2 Å². The van der Waals surface area contributed by atoms with E-state index in [1.54, 1.807) is 13.0 Å². The van der Waals surface area contributed by atoms with Crippen LogP contribution in [0.1, 0.15) is 37.8 Å². The van der Waals surface area contributed by atoms with Gasteiger partial charge in [0.2, 0.25) is 11.8 Å². The molecule has 0 bridgehead atoms. The second-order valence-electron chi connectivity index (χ2n) is 4.72. The maximum absolute atomic E-state index is 10.8. The van der Waals surface area contributed by atoms with Gasteiger partial charge in [-0.2, -0.15) is 0 Å². The zero-order valence-electron chi connectivity index (χ0n) is 12.3. The Morgan fingerprint density at radius 1 is 1.38 bits per heavy atom. The van der Waals surface area contributed by atoms with E-state index in [0.29, 0.717) is 17.3 Å². The van der Waals surface area contributed by atoms with E-state index in [9.17, 15) is 10.1 Å². The lowest BCUT2D eigenvalue weighted by Gasteiger charge is -2.10. The Kier molecular flexibility index (Phi) is 4.64. The van der Waals surface area contributed by atoms with Gasteiger partial charge in [-0.25, -0.2) is 0 Å². The van der Waals surface area contributed by atoms with Crippen molar-refractivity contribution in [2.75, 3.05) is 6.54 Å². The third-order valence-corrected chi connectivity index (χ3v) is 3.25. The number of benzene rings is 1. The molecule has 0 spiro atoms. The number of non-ortho nitro benzene ring substituents is 1. The summed E-state index contributed by atoms with van der Waals surface area (Å²) in [5.41, 5.74) is 1.50. The molecular weight excluding hydrogens is 272 g/mol. The summed E-state index contributed by atoms with van der Waals surface area (Å²) in [5.74, 6) is 0.917. The first kappa shape index (κ1) is 15.1. The zero-order valence-corrected chi connectivity index (χ0v) is 12.3. The van der Waals surface area contributed by atoms with E-state index in [1.165, 1.54) is 12.1 Å². The lowest BCUT2D eigenvalue weighted by Crippen LogP contribution is -2.20. The number of nitrogens with zero attached hydrogens (tertiary/aromatic N) is 3. The minimum absolute atomic E-state index is 0.0228. The van der Waals surface area contributed by atoms with Crippen LogP contribution < -0.4 is 5.32 Å². The molecule has 21 heavy (non-hydrogen) atoms. The number of aryl methyl sites for hydroxylation is 1. The first-order valence-corrected chi connectivity index (χ1v) is 6.89. The lowest BCUT2D eigenvalue weighted by atomic mass is 10.1. The Hall–Kier alpha value is -2.28. The molecule has 0 aliphatic rings. The van der Waals surface area contributed by atoms with E-state index in [0.717, 1.165) is 18.5 Å². The van der Waals surface area contributed by atoms with Gasteiger partial charge in [0.15, 0.2) is 0 Å². The van der Waals surface area contributed by atoms with Crippen LogP contribution in [0.3, 0.4) is 0 Å². The number of nitro groups is 1. The van der Waals surface area contributed by atoms with Crippen molar-refractivity contribution in [3.05, 3.63) is 39.8 Å². The summed E-state index contributed by atoms with van der Waals surface area (Å²) in [7, 11) is 0. The number of hydrogen-bond donors (Lipinski definition) is 1. The average molecular weight is 290 g/mol. The summed E-state index contributed by atoms with van der Waals surface area (Å²) >= 11 is 0. The molecule has 0 saturated carbocycles. The molecule has 1 unspecified atom stereocenters. The lowest BCUT2D eigenvalue weighted by molar-refractivity contribution is -0.384. The summed E-state index contributed by atoms with van der Waals surface area (Å²) in [6.07, 6.45) is 0.842. The zero-order chi connectivity index (χ0) is 15.4. The van der Waals surface area contributed by atoms with E-state index in [4.69, 9.17) is 4.42 Å². The van der Waals surface area contributed by atoms with Crippen molar-refractivity contribution in [1.82, 2.24) is 15.5 Å². The SMILES string of the molecule is CCNC(CC)c1nnc(-c2ccc([N+](=O)[O-])cc2C)o1. The Bertz CT molecular complexity index is 639. The third kappa shape index (κ3) is 3.25. The van der Waals surface area contributed by atoms with Gasteiger partial charge in [-0.1, -0.05) is 13.8 Å². The maximum Gasteiger partial charge on any atom is 0.269 e. The number of aromatic nitrogens is 2. The quantitative estimate of drug-likeness (QED) is 0.649. The van der Waals surface area contributed by atoms with Gasteiger partial charge in [0.05, 0.1) is 11.0 Å². The van der Waals surface area contributed by atoms with Crippen molar-refractivity contribution < 1.29 is 9.34 Å². The molecule has 0 aliphatic heterocycles. The Morgan fingerprint density at radius 2 is 2.14 bits per heavy atom. The highest BCUT2D eigenvalue weighted by molar-refractivity contribution is 5.60. The van der Waals surface area contributed by atoms with Crippen LogP contribution in [-0.4, -0.2) is 21.7 Å². The fraction of sp³-hybridized carbons (Fsp3) is 0.429. The number of hydrogen-bond acceptors (Lipinski definition) is 6. The second-order valence-corrected chi connectivity index (χ2v) is 4.72. The first-order valence-electron chi connectivity index (χ1n) is 6.89. The summed E-state index contributed by atoms with van der Waals surface area (Å²) in [4.78, 5) is 10.3. The number of nitrogens with one attached hydrogen (secondary N) is 1. The predicted molar refractivity (Wildman–Crippen MR) is 77.8 cm³/mol. The molecule has 0 aliphatic carbocycles. The van der Waals surface area contributed by atoms with Crippen LogP contribution in [0.25, 0.3) is 11.5 Å². The smallest absolute Gasteiger partial charge is 0.269 e. The molecule has 0 fully saturated rings. The largest absolute Gasteiger partial charge is 0.419 e. The standard InChI is InChI=1S/C14H18N4O3/c1-4-12(15-5-2)14-17-16-13(21-14)11-7-6-10(18(19)20)8-9(11)3/h6-8,12,15H,4-5H2,1-3H3. The van der Waals surface area contributed by atoms with Gasteiger partial charge >= 0.3 is 0 Å². The van der Waals surface area contributed by atoms with Crippen LogP contribution in [0, 0.1) is 17.0 Å². The van der Waals surface area contributed by atoms with Gasteiger partial charge in [0, 0.05) is 17.7 Å². The minimum atomic E-state index is -0.422. The van der Waals surface area contributed by atoms with E-state index in [2.05, 4.69) is 15.5 Å². The summed E-state index contributed by atoms with van der Waals surface area (Å²) in [6, 6.07) is 4.60. The first-order chi connectivity index (χ1) is 10.1. The van der Waals surface area contributed by atoms with Gasteiger partial charge in [0.25, 0.3) is 5.69 Å². The fourth-order valence-corrected chi connectivity index (χ4v) is 2.14. The molecular formula is C14H18N4O3. The fourth-order valence-electron chi connectivity index (χ4n) is 2.14. The van der Waals surface area contributed by atoms with Crippen LogP contribution in [-0.2, 0) is 0 Å². The van der Waals surface area contributed by atoms with Crippen LogP contribution in [0.5, 0.6) is 0 Å². The second kappa shape index (κ2) is 6.45. The molecule has 1 N–H and O–H groups in total. The topological polar surface area (TPSA) is 94.1 Å². The molecule has 112 valence electrons. The Balaban J connectivity index is 2.31.